The molecule has 1 aliphatic heterocycles. The summed E-state index contributed by atoms with van der Waals surface area (Å²) in [7, 11) is 0. The van der Waals surface area contributed by atoms with Crippen LogP contribution in [-0.4, -0.2) is 54.4 Å². The molecule has 150 valence electrons. The minimum Gasteiger partial charge on any atom is -0.353 e. The van der Waals surface area contributed by atoms with Crippen molar-refractivity contribution in [3.05, 3.63) is 23.9 Å². The first kappa shape index (κ1) is 21.2. The Morgan fingerprint density at radius 1 is 1.15 bits per heavy atom. The van der Waals surface area contributed by atoms with E-state index in [1.54, 1.807) is 6.20 Å². The fourth-order valence-corrected chi connectivity index (χ4v) is 3.14. The number of carbonyl (C=O) groups excluding carboxylic acids is 2. The molecular formula is C21H34N4O2. The average Bonchev–Trinajstić information content (AvgIpc) is 2.71. The first-order chi connectivity index (χ1) is 13.0. The SMILES string of the molecule is CCCCCNC(=O)c1ccc(N2CCN(C(=O)CC(C)CC)CC2)nc1. The monoisotopic (exact) mass is 374 g/mol. The van der Waals surface area contributed by atoms with Crippen molar-refractivity contribution < 1.29 is 9.59 Å². The Balaban J connectivity index is 1.81. The zero-order valence-electron chi connectivity index (χ0n) is 17.0. The number of pyridine rings is 1. The van der Waals surface area contributed by atoms with E-state index in [-0.39, 0.29) is 11.8 Å². The summed E-state index contributed by atoms with van der Waals surface area (Å²) < 4.78 is 0. The quantitative estimate of drug-likeness (QED) is 0.675. The van der Waals surface area contributed by atoms with Crippen LogP contribution >= 0.6 is 0 Å². The van der Waals surface area contributed by atoms with Gasteiger partial charge in [0.25, 0.3) is 5.91 Å². The highest BCUT2D eigenvalue weighted by Crippen LogP contribution is 2.16. The highest BCUT2D eigenvalue weighted by Gasteiger charge is 2.22. The second kappa shape index (κ2) is 10.9. The number of nitrogens with one attached hydrogen (secondary N) is 1. The maximum atomic E-state index is 12.3. The third kappa shape index (κ3) is 6.52. The van der Waals surface area contributed by atoms with Gasteiger partial charge in [-0.3, -0.25) is 9.59 Å². The third-order valence-corrected chi connectivity index (χ3v) is 5.25. The molecule has 0 bridgehead atoms. The second-order valence-corrected chi connectivity index (χ2v) is 7.45. The van der Waals surface area contributed by atoms with E-state index >= 15 is 0 Å². The maximum Gasteiger partial charge on any atom is 0.252 e. The predicted octanol–water partition coefficient (Wildman–Crippen LogP) is 3.09. The molecule has 2 rings (SSSR count). The molecule has 0 spiro atoms. The van der Waals surface area contributed by atoms with Crippen LogP contribution < -0.4 is 10.2 Å². The fourth-order valence-electron chi connectivity index (χ4n) is 3.14. The van der Waals surface area contributed by atoms with Gasteiger partial charge < -0.3 is 15.1 Å². The fraction of sp³-hybridized carbons (Fsp3) is 0.667. The van der Waals surface area contributed by atoms with Gasteiger partial charge in [-0.05, 0) is 24.5 Å². The number of carbonyl (C=O) groups is 2. The van der Waals surface area contributed by atoms with E-state index in [1.807, 2.05) is 17.0 Å². The molecule has 2 amide bonds. The van der Waals surface area contributed by atoms with E-state index in [4.69, 9.17) is 0 Å². The minimum atomic E-state index is -0.0642. The molecule has 0 saturated carbocycles. The molecule has 1 aliphatic rings. The van der Waals surface area contributed by atoms with Crippen molar-refractivity contribution >= 4 is 17.6 Å². The molecule has 0 aliphatic carbocycles. The van der Waals surface area contributed by atoms with E-state index in [0.717, 1.165) is 57.7 Å². The molecule has 1 N–H and O–H groups in total. The lowest BCUT2D eigenvalue weighted by Crippen LogP contribution is -2.49. The standard InChI is InChI=1S/C21H34N4O2/c1-4-6-7-10-22-21(27)18-8-9-19(23-16-18)24-11-13-25(14-12-24)20(26)15-17(3)5-2/h8-9,16-17H,4-7,10-15H2,1-3H3,(H,22,27). The van der Waals surface area contributed by atoms with Crippen molar-refractivity contribution in [3.63, 3.8) is 0 Å². The van der Waals surface area contributed by atoms with Crippen molar-refractivity contribution in [1.29, 1.82) is 0 Å². The number of aromatic nitrogens is 1. The molecule has 1 unspecified atom stereocenters. The number of nitrogens with zero attached hydrogens (tertiary/aromatic N) is 3. The molecule has 27 heavy (non-hydrogen) atoms. The number of rotatable bonds is 9. The van der Waals surface area contributed by atoms with Gasteiger partial charge in [-0.1, -0.05) is 40.0 Å². The first-order valence-corrected chi connectivity index (χ1v) is 10.3. The number of hydrogen-bond acceptors (Lipinski definition) is 4. The van der Waals surface area contributed by atoms with Crippen LogP contribution in [0.5, 0.6) is 0 Å². The lowest BCUT2D eigenvalue weighted by molar-refractivity contribution is -0.132. The Hall–Kier alpha value is -2.11. The predicted molar refractivity (Wildman–Crippen MR) is 109 cm³/mol. The van der Waals surface area contributed by atoms with E-state index in [9.17, 15) is 9.59 Å². The lowest BCUT2D eigenvalue weighted by atomic mass is 10.0. The van der Waals surface area contributed by atoms with Gasteiger partial charge >= 0.3 is 0 Å². The zero-order chi connectivity index (χ0) is 19.6. The highest BCUT2D eigenvalue weighted by atomic mass is 16.2. The smallest absolute Gasteiger partial charge is 0.252 e. The Morgan fingerprint density at radius 3 is 2.48 bits per heavy atom. The number of unbranched alkanes of at least 4 members (excludes halogenated alkanes) is 2. The zero-order valence-corrected chi connectivity index (χ0v) is 17.0. The lowest BCUT2D eigenvalue weighted by Gasteiger charge is -2.35. The summed E-state index contributed by atoms with van der Waals surface area (Å²) in [5.41, 5.74) is 0.595. The van der Waals surface area contributed by atoms with Crippen LogP contribution in [0.4, 0.5) is 5.82 Å². The molecule has 1 aromatic heterocycles. The van der Waals surface area contributed by atoms with Crippen molar-refractivity contribution in [2.75, 3.05) is 37.6 Å². The van der Waals surface area contributed by atoms with Crippen LogP contribution in [0.1, 0.15) is 63.2 Å². The molecular weight excluding hydrogens is 340 g/mol. The van der Waals surface area contributed by atoms with Crippen LogP contribution in [0.3, 0.4) is 0 Å². The molecule has 2 heterocycles. The molecule has 1 fully saturated rings. The molecule has 6 nitrogen and oxygen atoms in total. The van der Waals surface area contributed by atoms with Crippen LogP contribution in [0.15, 0.2) is 18.3 Å². The number of piperazine rings is 1. The third-order valence-electron chi connectivity index (χ3n) is 5.25. The van der Waals surface area contributed by atoms with Gasteiger partial charge in [0.1, 0.15) is 5.82 Å². The van der Waals surface area contributed by atoms with Gasteiger partial charge in [0.15, 0.2) is 0 Å². The van der Waals surface area contributed by atoms with E-state index in [1.165, 1.54) is 0 Å². The average molecular weight is 375 g/mol. The van der Waals surface area contributed by atoms with Gasteiger partial charge in [-0.15, -0.1) is 0 Å². The van der Waals surface area contributed by atoms with Crippen molar-refractivity contribution in [2.45, 2.75) is 52.9 Å². The van der Waals surface area contributed by atoms with E-state index in [2.05, 4.69) is 36.0 Å². The molecule has 6 heteroatoms. The topological polar surface area (TPSA) is 65.5 Å². The van der Waals surface area contributed by atoms with E-state index in [0.29, 0.717) is 24.4 Å². The number of hydrogen-bond donors (Lipinski definition) is 1. The van der Waals surface area contributed by atoms with Crippen molar-refractivity contribution in [1.82, 2.24) is 15.2 Å². The van der Waals surface area contributed by atoms with Crippen LogP contribution in [-0.2, 0) is 4.79 Å². The van der Waals surface area contributed by atoms with Gasteiger partial charge in [0, 0.05) is 45.3 Å². The largest absolute Gasteiger partial charge is 0.353 e. The van der Waals surface area contributed by atoms with Crippen LogP contribution in [0, 0.1) is 5.92 Å². The summed E-state index contributed by atoms with van der Waals surface area (Å²) in [4.78, 5) is 33.0. The Labute approximate surface area is 163 Å². The Bertz CT molecular complexity index is 595. The summed E-state index contributed by atoms with van der Waals surface area (Å²) in [6.07, 6.45) is 6.59. The van der Waals surface area contributed by atoms with Gasteiger partial charge in [0.05, 0.1) is 5.56 Å². The van der Waals surface area contributed by atoms with Gasteiger partial charge in [0.2, 0.25) is 5.91 Å². The molecule has 1 saturated heterocycles. The Morgan fingerprint density at radius 2 is 1.89 bits per heavy atom. The van der Waals surface area contributed by atoms with Crippen molar-refractivity contribution in [2.24, 2.45) is 5.92 Å². The summed E-state index contributed by atoms with van der Waals surface area (Å²) in [5, 5.41) is 2.93. The van der Waals surface area contributed by atoms with Gasteiger partial charge in [-0.2, -0.15) is 0 Å². The molecule has 0 radical (unpaired) electrons. The molecule has 0 aromatic carbocycles. The summed E-state index contributed by atoms with van der Waals surface area (Å²) in [5.74, 6) is 1.50. The molecule has 1 aromatic rings. The summed E-state index contributed by atoms with van der Waals surface area (Å²) >= 11 is 0. The van der Waals surface area contributed by atoms with Crippen molar-refractivity contribution in [3.8, 4) is 0 Å². The normalized spacial score (nSPS) is 15.5. The first-order valence-electron chi connectivity index (χ1n) is 10.3. The highest BCUT2D eigenvalue weighted by molar-refractivity contribution is 5.94. The van der Waals surface area contributed by atoms with E-state index < -0.39 is 0 Å². The minimum absolute atomic E-state index is 0.0642. The van der Waals surface area contributed by atoms with Gasteiger partial charge in [-0.25, -0.2) is 4.98 Å². The number of amides is 2. The summed E-state index contributed by atoms with van der Waals surface area (Å²) in [6, 6.07) is 3.73. The maximum absolute atomic E-state index is 12.3. The Kier molecular flexibility index (Phi) is 8.55. The molecule has 1 atom stereocenters. The van der Waals surface area contributed by atoms with Crippen LogP contribution in [0.25, 0.3) is 0 Å². The summed E-state index contributed by atoms with van der Waals surface area (Å²) in [6.45, 7) is 10.1. The van der Waals surface area contributed by atoms with Crippen LogP contribution in [0.2, 0.25) is 0 Å². The number of anilines is 1. The second-order valence-electron chi connectivity index (χ2n) is 7.45.